The monoisotopic (exact) mass is 274 g/mol. The van der Waals surface area contributed by atoms with Crippen molar-refractivity contribution in [3.05, 3.63) is 34.7 Å². The molecule has 1 aromatic heterocycles. The highest BCUT2D eigenvalue weighted by atomic mass is 32.1. The van der Waals surface area contributed by atoms with E-state index < -0.39 is 0 Å². The fraction of sp³-hybridized carbons (Fsp3) is 0.400. The second-order valence-electron chi connectivity index (χ2n) is 4.65. The Hall–Kier alpha value is -1.39. The van der Waals surface area contributed by atoms with E-state index in [1.165, 1.54) is 17.8 Å². The van der Waals surface area contributed by atoms with Gasteiger partial charge in [-0.1, -0.05) is 12.1 Å². The number of rotatable bonds is 4. The van der Waals surface area contributed by atoms with Gasteiger partial charge in [0.2, 0.25) is 0 Å². The predicted molar refractivity (Wildman–Crippen MR) is 78.7 cm³/mol. The maximum Gasteiger partial charge on any atom is 0.128 e. The highest BCUT2D eigenvalue weighted by Gasteiger charge is 2.20. The number of nitrogens with one attached hydrogen (secondary N) is 1. The molecule has 0 spiro atoms. The Kier molecular flexibility index (Phi) is 3.80. The van der Waals surface area contributed by atoms with Gasteiger partial charge in [-0.25, -0.2) is 4.98 Å². The third-order valence-corrected chi connectivity index (χ3v) is 4.30. The highest BCUT2D eigenvalue weighted by molar-refractivity contribution is 7.10. The first-order valence-electron chi connectivity index (χ1n) is 6.79. The zero-order chi connectivity index (χ0) is 13.1. The van der Waals surface area contributed by atoms with Gasteiger partial charge in [-0.2, -0.15) is 0 Å². The number of thiazole rings is 1. The average molecular weight is 274 g/mol. The molecule has 1 aromatic carbocycles. The number of hydrogen-bond donors (Lipinski definition) is 1. The van der Waals surface area contributed by atoms with E-state index in [0.29, 0.717) is 12.6 Å². The molecule has 0 saturated carbocycles. The van der Waals surface area contributed by atoms with Crippen LogP contribution in [-0.4, -0.2) is 18.1 Å². The number of para-hydroxylation sites is 1. The van der Waals surface area contributed by atoms with E-state index in [-0.39, 0.29) is 0 Å². The SMILES string of the molecule is CCOc1ccccc1-c1csc(C2CCCN2)n1. The van der Waals surface area contributed by atoms with Gasteiger partial charge in [-0.15, -0.1) is 11.3 Å². The van der Waals surface area contributed by atoms with E-state index >= 15 is 0 Å². The van der Waals surface area contributed by atoms with Gasteiger partial charge in [0.25, 0.3) is 0 Å². The molecule has 1 aliphatic heterocycles. The summed E-state index contributed by atoms with van der Waals surface area (Å²) in [5.41, 5.74) is 2.11. The van der Waals surface area contributed by atoms with Gasteiger partial charge in [0.15, 0.2) is 0 Å². The molecule has 0 bridgehead atoms. The third kappa shape index (κ3) is 2.65. The molecule has 1 aliphatic rings. The smallest absolute Gasteiger partial charge is 0.128 e. The summed E-state index contributed by atoms with van der Waals surface area (Å²) in [4.78, 5) is 4.78. The Labute approximate surface area is 117 Å². The zero-order valence-corrected chi connectivity index (χ0v) is 11.9. The molecule has 100 valence electrons. The van der Waals surface area contributed by atoms with Crippen LogP contribution in [0.3, 0.4) is 0 Å². The standard InChI is InChI=1S/C15H18N2OS/c1-2-18-14-8-4-3-6-11(14)13-10-19-15(17-13)12-7-5-9-16-12/h3-4,6,8,10,12,16H,2,5,7,9H2,1H3. The van der Waals surface area contributed by atoms with Crippen molar-refractivity contribution < 1.29 is 4.74 Å². The minimum Gasteiger partial charge on any atom is -0.493 e. The summed E-state index contributed by atoms with van der Waals surface area (Å²) in [6, 6.07) is 8.56. The van der Waals surface area contributed by atoms with E-state index in [2.05, 4.69) is 16.8 Å². The molecule has 1 saturated heterocycles. The van der Waals surface area contributed by atoms with Gasteiger partial charge in [-0.3, -0.25) is 0 Å². The molecule has 3 rings (SSSR count). The van der Waals surface area contributed by atoms with Crippen molar-refractivity contribution in [3.63, 3.8) is 0 Å². The van der Waals surface area contributed by atoms with Gasteiger partial charge >= 0.3 is 0 Å². The van der Waals surface area contributed by atoms with Crippen LogP contribution in [0.25, 0.3) is 11.3 Å². The van der Waals surface area contributed by atoms with Crippen LogP contribution in [0.15, 0.2) is 29.6 Å². The first-order chi connectivity index (χ1) is 9.38. The normalized spacial score (nSPS) is 18.7. The molecule has 1 N–H and O–H groups in total. The lowest BCUT2D eigenvalue weighted by atomic mass is 10.1. The van der Waals surface area contributed by atoms with E-state index in [1.807, 2.05) is 25.1 Å². The topological polar surface area (TPSA) is 34.1 Å². The number of aromatic nitrogens is 1. The highest BCUT2D eigenvalue weighted by Crippen LogP contribution is 2.33. The van der Waals surface area contributed by atoms with Crippen LogP contribution in [0.5, 0.6) is 5.75 Å². The summed E-state index contributed by atoms with van der Waals surface area (Å²) in [6.45, 7) is 3.79. The van der Waals surface area contributed by atoms with E-state index in [4.69, 9.17) is 9.72 Å². The van der Waals surface area contributed by atoms with Crippen LogP contribution in [0, 0.1) is 0 Å². The zero-order valence-electron chi connectivity index (χ0n) is 11.1. The van der Waals surface area contributed by atoms with E-state index in [1.54, 1.807) is 11.3 Å². The molecule has 1 atom stereocenters. The minimum absolute atomic E-state index is 0.443. The fourth-order valence-electron chi connectivity index (χ4n) is 2.43. The second kappa shape index (κ2) is 5.72. The molecule has 2 aromatic rings. The number of ether oxygens (including phenoxy) is 1. The molecular weight excluding hydrogens is 256 g/mol. The molecule has 3 nitrogen and oxygen atoms in total. The summed E-state index contributed by atoms with van der Waals surface area (Å²) in [5, 5.41) is 6.82. The molecule has 19 heavy (non-hydrogen) atoms. The van der Waals surface area contributed by atoms with Crippen molar-refractivity contribution in [1.82, 2.24) is 10.3 Å². The van der Waals surface area contributed by atoms with Crippen molar-refractivity contribution in [3.8, 4) is 17.0 Å². The molecule has 1 fully saturated rings. The van der Waals surface area contributed by atoms with Crippen LogP contribution >= 0.6 is 11.3 Å². The quantitative estimate of drug-likeness (QED) is 0.924. The van der Waals surface area contributed by atoms with E-state index in [9.17, 15) is 0 Å². The van der Waals surface area contributed by atoms with Crippen molar-refractivity contribution in [1.29, 1.82) is 0 Å². The van der Waals surface area contributed by atoms with Crippen LogP contribution in [0.1, 0.15) is 30.8 Å². The summed E-state index contributed by atoms with van der Waals surface area (Å²) < 4.78 is 5.68. The van der Waals surface area contributed by atoms with Gasteiger partial charge in [0, 0.05) is 10.9 Å². The second-order valence-corrected chi connectivity index (χ2v) is 5.54. The predicted octanol–water partition coefficient (Wildman–Crippen LogP) is 3.63. The first-order valence-corrected chi connectivity index (χ1v) is 7.67. The van der Waals surface area contributed by atoms with Crippen LogP contribution < -0.4 is 10.1 Å². The lowest BCUT2D eigenvalue weighted by Gasteiger charge is -2.08. The largest absolute Gasteiger partial charge is 0.493 e. The Morgan fingerprint density at radius 1 is 1.42 bits per heavy atom. The fourth-order valence-corrected chi connectivity index (χ4v) is 3.35. The molecule has 0 amide bonds. The van der Waals surface area contributed by atoms with Gasteiger partial charge in [0.1, 0.15) is 10.8 Å². The Bertz CT molecular complexity index is 547. The van der Waals surface area contributed by atoms with E-state index in [0.717, 1.165) is 23.6 Å². The number of hydrogen-bond acceptors (Lipinski definition) is 4. The molecule has 0 radical (unpaired) electrons. The number of nitrogens with zero attached hydrogens (tertiary/aromatic N) is 1. The van der Waals surface area contributed by atoms with Gasteiger partial charge < -0.3 is 10.1 Å². The summed E-state index contributed by atoms with van der Waals surface area (Å²) in [7, 11) is 0. The van der Waals surface area contributed by atoms with Crippen molar-refractivity contribution in [2.75, 3.05) is 13.2 Å². The molecule has 2 heterocycles. The third-order valence-electron chi connectivity index (χ3n) is 3.34. The molecular formula is C15H18N2OS. The molecule has 1 unspecified atom stereocenters. The van der Waals surface area contributed by atoms with Crippen LogP contribution in [0.4, 0.5) is 0 Å². The average Bonchev–Trinajstić information content (AvgIpc) is 3.11. The molecule has 4 heteroatoms. The lowest BCUT2D eigenvalue weighted by Crippen LogP contribution is -2.12. The van der Waals surface area contributed by atoms with Crippen molar-refractivity contribution >= 4 is 11.3 Å². The van der Waals surface area contributed by atoms with Gasteiger partial charge in [-0.05, 0) is 38.4 Å². The minimum atomic E-state index is 0.443. The Morgan fingerprint density at radius 2 is 2.32 bits per heavy atom. The Morgan fingerprint density at radius 3 is 3.11 bits per heavy atom. The number of benzene rings is 1. The Balaban J connectivity index is 1.89. The lowest BCUT2D eigenvalue weighted by molar-refractivity contribution is 0.341. The van der Waals surface area contributed by atoms with Crippen LogP contribution in [-0.2, 0) is 0 Å². The van der Waals surface area contributed by atoms with Crippen molar-refractivity contribution in [2.24, 2.45) is 0 Å². The summed E-state index contributed by atoms with van der Waals surface area (Å²) >= 11 is 1.74. The van der Waals surface area contributed by atoms with Crippen molar-refractivity contribution in [2.45, 2.75) is 25.8 Å². The van der Waals surface area contributed by atoms with Crippen LogP contribution in [0.2, 0.25) is 0 Å². The maximum atomic E-state index is 5.68. The maximum absolute atomic E-state index is 5.68. The molecule has 0 aliphatic carbocycles. The summed E-state index contributed by atoms with van der Waals surface area (Å²) in [5.74, 6) is 0.918. The first kappa shape index (κ1) is 12.6. The van der Waals surface area contributed by atoms with Gasteiger partial charge in [0.05, 0.1) is 18.3 Å². The summed E-state index contributed by atoms with van der Waals surface area (Å²) in [6.07, 6.45) is 2.44.